The minimum Gasteiger partial charge on any atom is -0.319 e. The zero-order chi connectivity index (χ0) is 12.1. The molecule has 1 fully saturated rings. The second kappa shape index (κ2) is 5.65. The van der Waals surface area contributed by atoms with Gasteiger partial charge in [0.15, 0.2) is 0 Å². The molecule has 0 amide bonds. The highest BCUT2D eigenvalue weighted by atomic mass is 14.9. The Morgan fingerprint density at radius 2 is 1.82 bits per heavy atom. The summed E-state index contributed by atoms with van der Waals surface area (Å²) < 4.78 is 0. The van der Waals surface area contributed by atoms with Gasteiger partial charge in [-0.3, -0.25) is 0 Å². The third kappa shape index (κ3) is 3.83. The SMILES string of the molecule is CNCC1(CNCCc2ccc(C)cc2)CC1. The van der Waals surface area contributed by atoms with Crippen molar-refractivity contribution in [2.24, 2.45) is 5.41 Å². The topological polar surface area (TPSA) is 24.1 Å². The Labute approximate surface area is 105 Å². The molecule has 0 bridgehead atoms. The van der Waals surface area contributed by atoms with E-state index in [0.717, 1.165) is 19.5 Å². The Morgan fingerprint density at radius 3 is 2.41 bits per heavy atom. The van der Waals surface area contributed by atoms with Gasteiger partial charge in [0.25, 0.3) is 0 Å². The summed E-state index contributed by atoms with van der Waals surface area (Å²) in [7, 11) is 2.05. The third-order valence-electron chi connectivity index (χ3n) is 3.72. The van der Waals surface area contributed by atoms with E-state index in [1.807, 2.05) is 7.05 Å². The Bertz CT molecular complexity index is 338. The van der Waals surface area contributed by atoms with Crippen LogP contribution in [-0.4, -0.2) is 26.7 Å². The average molecular weight is 232 g/mol. The first-order chi connectivity index (χ1) is 8.24. The first kappa shape index (κ1) is 12.6. The number of hydrogen-bond donors (Lipinski definition) is 2. The van der Waals surface area contributed by atoms with Crippen molar-refractivity contribution in [3.05, 3.63) is 35.4 Å². The summed E-state index contributed by atoms with van der Waals surface area (Å²) in [4.78, 5) is 0. The van der Waals surface area contributed by atoms with Gasteiger partial charge >= 0.3 is 0 Å². The lowest BCUT2D eigenvalue weighted by molar-refractivity contribution is 0.441. The van der Waals surface area contributed by atoms with E-state index in [-0.39, 0.29) is 0 Å². The highest BCUT2D eigenvalue weighted by molar-refractivity contribution is 5.21. The van der Waals surface area contributed by atoms with Crippen LogP contribution in [0.1, 0.15) is 24.0 Å². The Kier molecular flexibility index (Phi) is 4.19. The van der Waals surface area contributed by atoms with Crippen molar-refractivity contribution in [1.29, 1.82) is 0 Å². The maximum Gasteiger partial charge on any atom is 0.00201 e. The summed E-state index contributed by atoms with van der Waals surface area (Å²) in [5.41, 5.74) is 3.34. The van der Waals surface area contributed by atoms with Crippen LogP contribution in [0.3, 0.4) is 0 Å². The molecule has 0 radical (unpaired) electrons. The summed E-state index contributed by atoms with van der Waals surface area (Å²) in [5, 5.41) is 6.89. The molecule has 0 atom stereocenters. The molecular formula is C15H24N2. The quantitative estimate of drug-likeness (QED) is 0.704. The van der Waals surface area contributed by atoms with E-state index in [1.165, 1.54) is 30.5 Å². The molecule has 0 aromatic heterocycles. The maximum atomic E-state index is 3.60. The molecule has 2 heteroatoms. The lowest BCUT2D eigenvalue weighted by Gasteiger charge is -2.15. The second-order valence-electron chi connectivity index (χ2n) is 5.44. The monoisotopic (exact) mass is 232 g/mol. The Hall–Kier alpha value is -0.860. The standard InChI is InChI=1S/C15H24N2/c1-13-3-5-14(6-4-13)7-10-17-12-15(8-9-15)11-16-2/h3-6,16-17H,7-12H2,1-2H3. The van der Waals surface area contributed by atoms with Crippen molar-refractivity contribution in [3.8, 4) is 0 Å². The van der Waals surface area contributed by atoms with Gasteiger partial charge in [-0.05, 0) is 50.8 Å². The molecule has 1 aliphatic carbocycles. The highest BCUT2D eigenvalue weighted by Crippen LogP contribution is 2.44. The number of rotatable bonds is 7. The molecule has 2 nitrogen and oxygen atoms in total. The summed E-state index contributed by atoms with van der Waals surface area (Å²) in [6, 6.07) is 8.85. The van der Waals surface area contributed by atoms with E-state index in [0.29, 0.717) is 5.41 Å². The summed E-state index contributed by atoms with van der Waals surface area (Å²) in [6.07, 6.45) is 3.90. The van der Waals surface area contributed by atoms with E-state index < -0.39 is 0 Å². The molecular weight excluding hydrogens is 208 g/mol. The van der Waals surface area contributed by atoms with Crippen LogP contribution in [0.15, 0.2) is 24.3 Å². The van der Waals surface area contributed by atoms with Crippen molar-refractivity contribution in [1.82, 2.24) is 10.6 Å². The Balaban J connectivity index is 1.65. The van der Waals surface area contributed by atoms with Crippen molar-refractivity contribution >= 4 is 0 Å². The summed E-state index contributed by atoms with van der Waals surface area (Å²) in [6.45, 7) is 5.55. The normalized spacial score (nSPS) is 17.1. The molecule has 1 saturated carbocycles. The minimum atomic E-state index is 0.571. The lowest BCUT2D eigenvalue weighted by Crippen LogP contribution is -2.32. The van der Waals surface area contributed by atoms with Gasteiger partial charge in [-0.2, -0.15) is 0 Å². The zero-order valence-corrected chi connectivity index (χ0v) is 11.1. The van der Waals surface area contributed by atoms with Crippen LogP contribution in [0.5, 0.6) is 0 Å². The number of nitrogens with one attached hydrogen (secondary N) is 2. The molecule has 0 unspecified atom stereocenters. The van der Waals surface area contributed by atoms with Gasteiger partial charge < -0.3 is 10.6 Å². The van der Waals surface area contributed by atoms with Gasteiger partial charge in [-0.25, -0.2) is 0 Å². The highest BCUT2D eigenvalue weighted by Gasteiger charge is 2.41. The van der Waals surface area contributed by atoms with Crippen LogP contribution in [0.4, 0.5) is 0 Å². The van der Waals surface area contributed by atoms with Gasteiger partial charge in [0.05, 0.1) is 0 Å². The van der Waals surface area contributed by atoms with Crippen LogP contribution in [0.25, 0.3) is 0 Å². The molecule has 1 aromatic carbocycles. The average Bonchev–Trinajstić information content (AvgIpc) is 3.08. The van der Waals surface area contributed by atoms with E-state index >= 15 is 0 Å². The third-order valence-corrected chi connectivity index (χ3v) is 3.72. The molecule has 0 spiro atoms. The minimum absolute atomic E-state index is 0.571. The number of benzene rings is 1. The molecule has 0 heterocycles. The zero-order valence-electron chi connectivity index (χ0n) is 11.1. The molecule has 2 N–H and O–H groups in total. The fourth-order valence-electron chi connectivity index (χ4n) is 2.31. The van der Waals surface area contributed by atoms with Gasteiger partial charge in [0.1, 0.15) is 0 Å². The van der Waals surface area contributed by atoms with Crippen LogP contribution in [0.2, 0.25) is 0 Å². The summed E-state index contributed by atoms with van der Waals surface area (Å²) >= 11 is 0. The van der Waals surface area contributed by atoms with E-state index in [2.05, 4.69) is 41.8 Å². The number of hydrogen-bond acceptors (Lipinski definition) is 2. The molecule has 1 aliphatic rings. The van der Waals surface area contributed by atoms with E-state index in [4.69, 9.17) is 0 Å². The van der Waals surface area contributed by atoms with Crippen LogP contribution >= 0.6 is 0 Å². The van der Waals surface area contributed by atoms with Crippen molar-refractivity contribution in [3.63, 3.8) is 0 Å². The van der Waals surface area contributed by atoms with Gasteiger partial charge in [-0.1, -0.05) is 29.8 Å². The van der Waals surface area contributed by atoms with Crippen molar-refractivity contribution < 1.29 is 0 Å². The van der Waals surface area contributed by atoms with Crippen LogP contribution < -0.4 is 10.6 Å². The van der Waals surface area contributed by atoms with E-state index in [9.17, 15) is 0 Å². The predicted octanol–water partition coefficient (Wildman–Crippen LogP) is 2.13. The van der Waals surface area contributed by atoms with Gasteiger partial charge in [0, 0.05) is 13.1 Å². The lowest BCUT2D eigenvalue weighted by atomic mass is 10.1. The second-order valence-corrected chi connectivity index (χ2v) is 5.44. The fourth-order valence-corrected chi connectivity index (χ4v) is 2.31. The van der Waals surface area contributed by atoms with Crippen molar-refractivity contribution in [2.75, 3.05) is 26.7 Å². The smallest absolute Gasteiger partial charge is 0.00201 e. The molecule has 94 valence electrons. The first-order valence-corrected chi connectivity index (χ1v) is 6.65. The predicted molar refractivity (Wildman–Crippen MR) is 73.3 cm³/mol. The Morgan fingerprint density at radius 1 is 1.12 bits per heavy atom. The van der Waals surface area contributed by atoms with Crippen LogP contribution in [-0.2, 0) is 6.42 Å². The molecule has 0 saturated heterocycles. The molecule has 2 rings (SSSR count). The first-order valence-electron chi connectivity index (χ1n) is 6.65. The molecule has 0 aliphatic heterocycles. The fraction of sp³-hybridized carbons (Fsp3) is 0.600. The number of aryl methyl sites for hydroxylation is 1. The van der Waals surface area contributed by atoms with Crippen molar-refractivity contribution in [2.45, 2.75) is 26.2 Å². The van der Waals surface area contributed by atoms with Gasteiger partial charge in [0.2, 0.25) is 0 Å². The largest absolute Gasteiger partial charge is 0.319 e. The molecule has 17 heavy (non-hydrogen) atoms. The van der Waals surface area contributed by atoms with Gasteiger partial charge in [-0.15, -0.1) is 0 Å². The molecule has 1 aromatic rings. The summed E-state index contributed by atoms with van der Waals surface area (Å²) in [5.74, 6) is 0. The maximum absolute atomic E-state index is 3.60. The van der Waals surface area contributed by atoms with E-state index in [1.54, 1.807) is 0 Å². The van der Waals surface area contributed by atoms with Crippen LogP contribution in [0, 0.1) is 12.3 Å².